The van der Waals surface area contributed by atoms with Crippen LogP contribution in [0.25, 0.3) is 0 Å². The molecule has 0 aliphatic carbocycles. The van der Waals surface area contributed by atoms with E-state index < -0.39 is 8.32 Å². The zero-order valence-electron chi connectivity index (χ0n) is 6.47. The van der Waals surface area contributed by atoms with Crippen LogP contribution in [-0.4, -0.2) is 8.32 Å². The third-order valence-corrected chi connectivity index (χ3v) is 1.64. The third-order valence-electron chi connectivity index (χ3n) is 0.843. The quantitative estimate of drug-likeness (QED) is 0.448. The molecule has 0 N–H and O–H groups in total. The summed E-state index contributed by atoms with van der Waals surface area (Å²) in [7, 11) is -1.49. The summed E-state index contributed by atoms with van der Waals surface area (Å²) in [4.78, 5) is 0. The summed E-state index contributed by atoms with van der Waals surface area (Å²) in [5, 5.41) is 0. The van der Waals surface area contributed by atoms with Gasteiger partial charge in [-0.3, -0.25) is 0 Å². The Labute approximate surface area is 62.3 Å². The van der Waals surface area contributed by atoms with E-state index in [1.807, 2.05) is 0 Å². The number of hydrogen-bond donors (Lipinski definition) is 0. The third kappa shape index (κ3) is 2.21. The molecular weight excluding hydrogens is 144 g/mol. The van der Waals surface area contributed by atoms with E-state index in [-0.39, 0.29) is 0 Å². The Balaban J connectivity index is 2.41. The van der Waals surface area contributed by atoms with Gasteiger partial charge in [0, 0.05) is 0 Å². The van der Waals surface area contributed by atoms with Gasteiger partial charge in [-0.2, -0.15) is 0 Å². The Morgan fingerprint density at radius 1 is 1.50 bits per heavy atom. The van der Waals surface area contributed by atoms with E-state index in [9.17, 15) is 0 Å². The molecule has 0 amide bonds. The van der Waals surface area contributed by atoms with Gasteiger partial charge < -0.3 is 9.16 Å². The monoisotopic (exact) mass is 155 g/mol. The predicted molar refractivity (Wildman–Crippen MR) is 41.4 cm³/mol. The van der Waals surface area contributed by atoms with Crippen molar-refractivity contribution in [3.63, 3.8) is 0 Å². The summed E-state index contributed by atoms with van der Waals surface area (Å²) in [6.45, 7) is 6.30. The topological polar surface area (TPSA) is 18.5 Å². The average Bonchev–Trinajstić information content (AvgIpc) is 2.12. The highest BCUT2D eigenvalue weighted by Crippen LogP contribution is 2.14. The van der Waals surface area contributed by atoms with E-state index in [1.54, 1.807) is 12.3 Å². The minimum atomic E-state index is -1.49. The van der Waals surface area contributed by atoms with Gasteiger partial charge in [0.05, 0.1) is 0 Å². The van der Waals surface area contributed by atoms with Crippen LogP contribution in [0.2, 0.25) is 19.6 Å². The normalized spacial score (nSPS) is 15.7. The number of rotatable bonds is 2. The standard InChI is InChI=1S/C7H11O2Si/c1-10(2,3)9-7-5-4-6-8-7/h4,6H,1-3H3/q+1. The van der Waals surface area contributed by atoms with E-state index in [0.717, 1.165) is 0 Å². The molecule has 0 aromatic rings. The molecule has 0 spiro atoms. The molecule has 1 rings (SSSR count). The number of allylic oxidation sites excluding steroid dienone is 2. The lowest BCUT2D eigenvalue weighted by Gasteiger charge is -2.14. The highest BCUT2D eigenvalue weighted by atomic mass is 28.4. The van der Waals surface area contributed by atoms with Crippen LogP contribution in [0.15, 0.2) is 18.3 Å². The smallest absolute Gasteiger partial charge is 0.450 e. The molecule has 54 valence electrons. The molecule has 1 aliphatic heterocycles. The van der Waals surface area contributed by atoms with Crippen LogP contribution in [0.5, 0.6) is 0 Å². The van der Waals surface area contributed by atoms with Gasteiger partial charge in [-0.15, -0.1) is 0 Å². The van der Waals surface area contributed by atoms with Crippen molar-refractivity contribution in [1.29, 1.82) is 0 Å². The van der Waals surface area contributed by atoms with Gasteiger partial charge in [0.2, 0.25) is 20.7 Å². The van der Waals surface area contributed by atoms with Gasteiger partial charge in [-0.05, 0) is 19.6 Å². The van der Waals surface area contributed by atoms with E-state index >= 15 is 0 Å². The Morgan fingerprint density at radius 2 is 2.20 bits per heavy atom. The van der Waals surface area contributed by atoms with Crippen LogP contribution in [-0.2, 0) is 9.16 Å². The molecule has 0 bridgehead atoms. The highest BCUT2D eigenvalue weighted by molar-refractivity contribution is 6.69. The van der Waals surface area contributed by atoms with Gasteiger partial charge in [0.15, 0.2) is 6.08 Å². The lowest BCUT2D eigenvalue weighted by atomic mass is 10.6. The van der Waals surface area contributed by atoms with Crippen LogP contribution in [0.3, 0.4) is 0 Å². The molecule has 0 saturated heterocycles. The minimum absolute atomic E-state index is 0.513. The molecule has 0 atom stereocenters. The van der Waals surface area contributed by atoms with Gasteiger partial charge in [0.25, 0.3) is 0 Å². The van der Waals surface area contributed by atoms with Gasteiger partial charge in [0.1, 0.15) is 0 Å². The molecule has 0 saturated carbocycles. The van der Waals surface area contributed by atoms with Crippen LogP contribution in [0.4, 0.5) is 0 Å². The summed E-state index contributed by atoms with van der Waals surface area (Å²) in [5.41, 5.74) is 0. The average molecular weight is 155 g/mol. The predicted octanol–water partition coefficient (Wildman–Crippen LogP) is 2.03. The van der Waals surface area contributed by atoms with Crippen molar-refractivity contribution in [2.24, 2.45) is 0 Å². The highest BCUT2D eigenvalue weighted by Gasteiger charge is 2.24. The largest absolute Gasteiger partial charge is 0.496 e. The van der Waals surface area contributed by atoms with Crippen molar-refractivity contribution >= 4 is 8.32 Å². The summed E-state index contributed by atoms with van der Waals surface area (Å²) in [6, 6.07) is 0. The SMILES string of the molecule is C[Si](C)(C)OC1=[C+]C=CO1. The second-order valence-electron chi connectivity index (χ2n) is 3.07. The Morgan fingerprint density at radius 3 is 2.60 bits per heavy atom. The number of hydrogen-bond acceptors (Lipinski definition) is 2. The maximum absolute atomic E-state index is 5.46. The van der Waals surface area contributed by atoms with Crippen molar-refractivity contribution in [1.82, 2.24) is 0 Å². The summed E-state index contributed by atoms with van der Waals surface area (Å²) < 4.78 is 10.4. The first kappa shape index (κ1) is 7.32. The van der Waals surface area contributed by atoms with E-state index in [4.69, 9.17) is 9.16 Å². The summed E-state index contributed by atoms with van der Waals surface area (Å²) >= 11 is 0. The molecule has 0 aromatic heterocycles. The van der Waals surface area contributed by atoms with E-state index in [1.165, 1.54) is 0 Å². The fourth-order valence-corrected chi connectivity index (χ4v) is 1.23. The van der Waals surface area contributed by atoms with Gasteiger partial charge in [-0.1, -0.05) is 0 Å². The molecule has 10 heavy (non-hydrogen) atoms. The molecule has 3 heteroatoms. The van der Waals surface area contributed by atoms with Crippen LogP contribution in [0, 0.1) is 6.08 Å². The molecule has 1 aliphatic rings. The Kier molecular flexibility index (Phi) is 1.79. The fraction of sp³-hybridized carbons (Fsp3) is 0.429. The summed E-state index contributed by atoms with van der Waals surface area (Å²) in [5.74, 6) is 0.513. The zero-order valence-corrected chi connectivity index (χ0v) is 7.47. The molecule has 0 fully saturated rings. The second-order valence-corrected chi connectivity index (χ2v) is 7.50. The van der Waals surface area contributed by atoms with Crippen molar-refractivity contribution < 1.29 is 9.16 Å². The van der Waals surface area contributed by atoms with Crippen molar-refractivity contribution in [3.8, 4) is 0 Å². The first-order valence-electron chi connectivity index (χ1n) is 3.22. The van der Waals surface area contributed by atoms with Crippen molar-refractivity contribution in [3.05, 3.63) is 24.4 Å². The van der Waals surface area contributed by atoms with Crippen LogP contribution >= 0.6 is 0 Å². The van der Waals surface area contributed by atoms with Crippen molar-refractivity contribution in [2.75, 3.05) is 0 Å². The molecule has 0 aromatic carbocycles. The number of ether oxygens (including phenoxy) is 1. The Bertz CT molecular complexity index is 177. The molecule has 0 unspecified atom stereocenters. The van der Waals surface area contributed by atoms with E-state index in [2.05, 4.69) is 25.7 Å². The molecular formula is C7H11O2Si+. The maximum atomic E-state index is 5.46. The van der Waals surface area contributed by atoms with Crippen molar-refractivity contribution in [2.45, 2.75) is 19.6 Å². The first-order valence-corrected chi connectivity index (χ1v) is 6.63. The fourth-order valence-electron chi connectivity index (χ4n) is 0.564. The first-order chi connectivity index (χ1) is 4.58. The summed E-state index contributed by atoms with van der Waals surface area (Å²) in [6.07, 6.45) is 6.11. The van der Waals surface area contributed by atoms with Crippen LogP contribution < -0.4 is 0 Å². The molecule has 0 radical (unpaired) electrons. The van der Waals surface area contributed by atoms with Gasteiger partial charge >= 0.3 is 5.95 Å². The molecule has 1 heterocycles. The second kappa shape index (κ2) is 2.44. The Hall–Kier alpha value is -0.793. The lowest BCUT2D eigenvalue weighted by Crippen LogP contribution is -2.24. The maximum Gasteiger partial charge on any atom is 0.450 e. The van der Waals surface area contributed by atoms with Crippen LogP contribution in [0.1, 0.15) is 0 Å². The zero-order chi connectivity index (χ0) is 7.61. The lowest BCUT2D eigenvalue weighted by molar-refractivity contribution is 0.186. The molecule has 2 nitrogen and oxygen atoms in total. The van der Waals surface area contributed by atoms with E-state index in [0.29, 0.717) is 5.95 Å². The minimum Gasteiger partial charge on any atom is -0.496 e. The van der Waals surface area contributed by atoms with Gasteiger partial charge in [-0.25, -0.2) is 0 Å².